The van der Waals surface area contributed by atoms with Gasteiger partial charge in [0.05, 0.1) is 23.6 Å². The molecule has 1 atom stereocenters. The lowest BCUT2D eigenvalue weighted by Gasteiger charge is -2.23. The lowest BCUT2D eigenvalue weighted by molar-refractivity contribution is 0.381. The zero-order valence-electron chi connectivity index (χ0n) is 15.7. The monoisotopic (exact) mass is 399 g/mol. The van der Waals surface area contributed by atoms with E-state index in [9.17, 15) is 8.42 Å². The Morgan fingerprint density at radius 3 is 2.68 bits per heavy atom. The van der Waals surface area contributed by atoms with Crippen LogP contribution in [-0.2, 0) is 10.0 Å². The topological polar surface area (TPSA) is 101 Å². The van der Waals surface area contributed by atoms with Crippen LogP contribution in [0.5, 0.6) is 0 Å². The van der Waals surface area contributed by atoms with Gasteiger partial charge in [0.2, 0.25) is 10.0 Å². The van der Waals surface area contributed by atoms with E-state index in [0.717, 1.165) is 30.0 Å². The van der Waals surface area contributed by atoms with Crippen molar-refractivity contribution in [2.45, 2.75) is 37.6 Å². The van der Waals surface area contributed by atoms with Gasteiger partial charge in [0.25, 0.3) is 0 Å². The Labute approximate surface area is 163 Å². The highest BCUT2D eigenvalue weighted by molar-refractivity contribution is 7.89. The third-order valence-corrected chi connectivity index (χ3v) is 6.96. The maximum absolute atomic E-state index is 13.2. The van der Waals surface area contributed by atoms with Crippen molar-refractivity contribution < 1.29 is 12.9 Å². The summed E-state index contributed by atoms with van der Waals surface area (Å²) in [6.45, 7) is 3.71. The summed E-state index contributed by atoms with van der Waals surface area (Å²) in [6, 6.07) is 9.05. The van der Waals surface area contributed by atoms with Gasteiger partial charge in [-0.3, -0.25) is 4.98 Å². The maximum atomic E-state index is 13.2. The molecule has 4 heterocycles. The van der Waals surface area contributed by atoms with Crippen LogP contribution in [0.3, 0.4) is 0 Å². The van der Waals surface area contributed by atoms with Crippen LogP contribution in [0.25, 0.3) is 0 Å². The van der Waals surface area contributed by atoms with Crippen molar-refractivity contribution in [1.29, 1.82) is 0 Å². The molecule has 1 aliphatic heterocycles. The van der Waals surface area contributed by atoms with E-state index in [2.05, 4.69) is 20.4 Å². The average Bonchev–Trinajstić information content (AvgIpc) is 3.31. The Morgan fingerprint density at radius 2 is 2.04 bits per heavy atom. The van der Waals surface area contributed by atoms with Gasteiger partial charge in [-0.25, -0.2) is 13.4 Å². The van der Waals surface area contributed by atoms with Crippen LogP contribution in [0.15, 0.2) is 52.1 Å². The second-order valence-electron chi connectivity index (χ2n) is 6.74. The van der Waals surface area contributed by atoms with Crippen LogP contribution in [0.4, 0.5) is 11.5 Å². The van der Waals surface area contributed by atoms with E-state index in [1.807, 2.05) is 30.3 Å². The molecule has 1 fully saturated rings. The number of anilines is 2. The quantitative estimate of drug-likeness (QED) is 0.702. The van der Waals surface area contributed by atoms with Crippen molar-refractivity contribution >= 4 is 21.5 Å². The van der Waals surface area contributed by atoms with E-state index >= 15 is 0 Å². The number of hydrogen-bond acceptors (Lipinski definition) is 7. The first-order valence-corrected chi connectivity index (χ1v) is 10.5. The first-order chi connectivity index (χ1) is 13.5. The molecule has 1 saturated heterocycles. The Balaban J connectivity index is 1.58. The van der Waals surface area contributed by atoms with Crippen LogP contribution in [-0.4, -0.2) is 34.4 Å². The van der Waals surface area contributed by atoms with Crippen molar-refractivity contribution in [3.8, 4) is 0 Å². The summed E-state index contributed by atoms with van der Waals surface area (Å²) < 4.78 is 33.0. The smallest absolute Gasteiger partial charge is 0.249 e. The number of sulfonamides is 1. The summed E-state index contributed by atoms with van der Waals surface area (Å²) >= 11 is 0. The average molecular weight is 399 g/mol. The molecule has 8 nitrogen and oxygen atoms in total. The van der Waals surface area contributed by atoms with Gasteiger partial charge in [-0.2, -0.15) is 4.31 Å². The third-order valence-electron chi connectivity index (χ3n) is 4.80. The second kappa shape index (κ2) is 7.33. The van der Waals surface area contributed by atoms with Crippen LogP contribution in [0.2, 0.25) is 0 Å². The maximum Gasteiger partial charge on any atom is 0.249 e. The Bertz CT molecular complexity index is 1050. The molecule has 0 amide bonds. The molecule has 1 aliphatic rings. The van der Waals surface area contributed by atoms with Gasteiger partial charge in [-0.15, -0.1) is 0 Å². The second-order valence-corrected chi connectivity index (χ2v) is 8.57. The van der Waals surface area contributed by atoms with E-state index in [0.29, 0.717) is 18.0 Å². The number of aromatic nitrogens is 3. The van der Waals surface area contributed by atoms with Crippen LogP contribution in [0.1, 0.15) is 36.0 Å². The summed E-state index contributed by atoms with van der Waals surface area (Å²) in [6.07, 6.45) is 4.91. The van der Waals surface area contributed by atoms with Gasteiger partial charge in [0.15, 0.2) is 5.76 Å². The van der Waals surface area contributed by atoms with E-state index < -0.39 is 10.0 Å². The molecule has 0 aliphatic carbocycles. The highest BCUT2D eigenvalue weighted by Crippen LogP contribution is 2.37. The molecule has 9 heteroatoms. The van der Waals surface area contributed by atoms with Crippen molar-refractivity contribution in [3.05, 3.63) is 59.9 Å². The molecule has 28 heavy (non-hydrogen) atoms. The predicted molar refractivity (Wildman–Crippen MR) is 104 cm³/mol. The number of rotatable bonds is 5. The van der Waals surface area contributed by atoms with Crippen molar-refractivity contribution in [1.82, 2.24) is 19.4 Å². The highest BCUT2D eigenvalue weighted by Gasteiger charge is 2.39. The summed E-state index contributed by atoms with van der Waals surface area (Å²) in [5.74, 6) is 1.03. The van der Waals surface area contributed by atoms with Crippen LogP contribution >= 0.6 is 0 Å². The molecule has 0 aromatic carbocycles. The van der Waals surface area contributed by atoms with E-state index in [-0.39, 0.29) is 10.9 Å². The lowest BCUT2D eigenvalue weighted by Crippen LogP contribution is -2.31. The SMILES string of the molecule is Cc1noc(C)c1S(=O)(=O)N1CCC[C@H]1c1ccc(Nc2ccccn2)cn1. The summed E-state index contributed by atoms with van der Waals surface area (Å²) in [5.41, 5.74) is 1.89. The Hall–Kier alpha value is -2.78. The zero-order valence-corrected chi connectivity index (χ0v) is 16.5. The number of nitrogens with zero attached hydrogens (tertiary/aromatic N) is 4. The van der Waals surface area contributed by atoms with Gasteiger partial charge in [0.1, 0.15) is 16.4 Å². The minimum atomic E-state index is -3.70. The van der Waals surface area contributed by atoms with Gasteiger partial charge in [-0.05, 0) is 51.0 Å². The van der Waals surface area contributed by atoms with Crippen LogP contribution in [0, 0.1) is 13.8 Å². The zero-order chi connectivity index (χ0) is 19.7. The fourth-order valence-electron chi connectivity index (χ4n) is 3.54. The minimum absolute atomic E-state index is 0.160. The number of pyridine rings is 2. The molecule has 0 radical (unpaired) electrons. The van der Waals surface area contributed by atoms with Crippen LogP contribution < -0.4 is 5.32 Å². The molecule has 0 unspecified atom stereocenters. The number of aryl methyl sites for hydroxylation is 2. The summed E-state index contributed by atoms with van der Waals surface area (Å²) in [5, 5.41) is 6.97. The van der Waals surface area contributed by atoms with E-state index in [4.69, 9.17) is 4.52 Å². The first kappa shape index (κ1) is 18.6. The van der Waals surface area contributed by atoms with Crippen molar-refractivity contribution in [3.63, 3.8) is 0 Å². The molecule has 146 valence electrons. The van der Waals surface area contributed by atoms with Gasteiger partial charge < -0.3 is 9.84 Å². The Morgan fingerprint density at radius 1 is 1.18 bits per heavy atom. The van der Waals surface area contributed by atoms with Crippen molar-refractivity contribution in [2.75, 3.05) is 11.9 Å². The summed E-state index contributed by atoms with van der Waals surface area (Å²) in [7, 11) is -3.70. The lowest BCUT2D eigenvalue weighted by atomic mass is 10.1. The fourth-order valence-corrected chi connectivity index (χ4v) is 5.51. The molecule has 0 spiro atoms. The normalized spacial score (nSPS) is 17.7. The first-order valence-electron chi connectivity index (χ1n) is 9.05. The van der Waals surface area contributed by atoms with E-state index in [1.54, 1.807) is 26.2 Å². The summed E-state index contributed by atoms with van der Waals surface area (Å²) in [4.78, 5) is 8.89. The molecule has 1 N–H and O–H groups in total. The Kier molecular flexibility index (Phi) is 4.86. The molecular weight excluding hydrogens is 378 g/mol. The van der Waals surface area contributed by atoms with Gasteiger partial charge in [0, 0.05) is 12.7 Å². The predicted octanol–water partition coefficient (Wildman–Crippen LogP) is 3.35. The molecule has 0 saturated carbocycles. The third kappa shape index (κ3) is 3.38. The molecule has 0 bridgehead atoms. The number of nitrogens with one attached hydrogen (secondary N) is 1. The highest BCUT2D eigenvalue weighted by atomic mass is 32.2. The standard InChI is InChI=1S/C19H21N5O3S/c1-13-19(14(2)27-23-13)28(25,26)24-11-5-6-17(24)16-9-8-15(12-21-16)22-18-7-3-4-10-20-18/h3-4,7-10,12,17H,5-6,11H2,1-2H3,(H,20,22)/t17-/m0/s1. The number of hydrogen-bond donors (Lipinski definition) is 1. The minimum Gasteiger partial charge on any atom is -0.360 e. The van der Waals surface area contributed by atoms with E-state index in [1.165, 1.54) is 4.31 Å². The molecule has 4 rings (SSSR count). The molecule has 3 aromatic heterocycles. The fraction of sp³-hybridized carbons (Fsp3) is 0.316. The van der Waals surface area contributed by atoms with Gasteiger partial charge >= 0.3 is 0 Å². The van der Waals surface area contributed by atoms with Crippen molar-refractivity contribution in [2.24, 2.45) is 0 Å². The van der Waals surface area contributed by atoms with Gasteiger partial charge in [-0.1, -0.05) is 11.2 Å². The largest absolute Gasteiger partial charge is 0.360 e. The molecular formula is C19H21N5O3S. The molecule has 3 aromatic rings.